The van der Waals surface area contributed by atoms with Crippen LogP contribution in [0.3, 0.4) is 0 Å². The Morgan fingerprint density at radius 1 is 1.04 bits per heavy atom. The number of para-hydroxylation sites is 1. The number of nitrogens with one attached hydrogen (secondary N) is 2. The van der Waals surface area contributed by atoms with Crippen molar-refractivity contribution in [2.45, 2.75) is 26.9 Å². The number of ether oxygens (including phenoxy) is 2. The third kappa shape index (κ3) is 6.47. The third-order valence-electron chi connectivity index (χ3n) is 3.62. The average Bonchev–Trinajstić information content (AvgIpc) is 2.62. The maximum absolute atomic E-state index is 11.9. The maximum Gasteiger partial charge on any atom is 0.347 e. The number of anilines is 1. The fourth-order valence-corrected chi connectivity index (χ4v) is 2.28. The van der Waals surface area contributed by atoms with Crippen molar-refractivity contribution >= 4 is 23.6 Å². The van der Waals surface area contributed by atoms with Crippen LogP contribution >= 0.6 is 0 Å². The summed E-state index contributed by atoms with van der Waals surface area (Å²) in [5.41, 5.74) is 2.52. The molecule has 2 aromatic rings. The Hall–Kier alpha value is -3.35. The topological polar surface area (TPSA) is 93.7 Å². The van der Waals surface area contributed by atoms with Gasteiger partial charge in [0.15, 0.2) is 12.7 Å². The molecule has 0 unspecified atom stereocenters. The molecule has 7 nitrogen and oxygen atoms in total. The first-order chi connectivity index (χ1) is 12.8. The average molecular weight is 370 g/mol. The zero-order chi connectivity index (χ0) is 19.8. The van der Waals surface area contributed by atoms with Gasteiger partial charge in [-0.3, -0.25) is 10.1 Å². The Morgan fingerprint density at radius 3 is 2.41 bits per heavy atom. The Kier molecular flexibility index (Phi) is 6.93. The van der Waals surface area contributed by atoms with Gasteiger partial charge in [-0.05, 0) is 44.5 Å². The molecule has 0 fully saturated rings. The summed E-state index contributed by atoms with van der Waals surface area (Å²) in [4.78, 5) is 35.5. The van der Waals surface area contributed by atoms with Crippen molar-refractivity contribution in [3.8, 4) is 5.75 Å². The van der Waals surface area contributed by atoms with Gasteiger partial charge in [0.1, 0.15) is 5.75 Å². The number of imide groups is 1. The number of hydrogen-bond donors (Lipinski definition) is 2. The van der Waals surface area contributed by atoms with Gasteiger partial charge >= 0.3 is 12.0 Å². The molecule has 0 heterocycles. The van der Waals surface area contributed by atoms with Crippen LogP contribution in [-0.4, -0.2) is 30.6 Å². The largest absolute Gasteiger partial charge is 0.479 e. The normalized spacial score (nSPS) is 11.2. The lowest BCUT2D eigenvalue weighted by Gasteiger charge is -2.14. The highest BCUT2D eigenvalue weighted by atomic mass is 16.6. The number of benzene rings is 2. The summed E-state index contributed by atoms with van der Waals surface area (Å²) in [7, 11) is 0. The number of esters is 1. The molecule has 2 aromatic carbocycles. The number of carbonyl (C=O) groups excluding carboxylic acids is 3. The van der Waals surface area contributed by atoms with E-state index in [9.17, 15) is 14.4 Å². The van der Waals surface area contributed by atoms with Gasteiger partial charge in [-0.2, -0.15) is 0 Å². The summed E-state index contributed by atoms with van der Waals surface area (Å²) in [5, 5.41) is 4.68. The summed E-state index contributed by atoms with van der Waals surface area (Å²) in [6.07, 6.45) is -0.885. The number of rotatable bonds is 6. The van der Waals surface area contributed by atoms with Crippen molar-refractivity contribution in [2.75, 3.05) is 11.9 Å². The van der Waals surface area contributed by atoms with E-state index >= 15 is 0 Å². The van der Waals surface area contributed by atoms with Gasteiger partial charge in [0.05, 0.1) is 0 Å². The standard InChI is InChI=1S/C20H22N2O5/c1-13-9-10-17(14(2)11-13)21-20(25)22-18(23)12-26-19(24)15(3)27-16-7-5-4-6-8-16/h4-11,15H,12H2,1-3H3,(H2,21,22,23,25)/t15-/m0/s1. The minimum absolute atomic E-state index is 0.513. The van der Waals surface area contributed by atoms with E-state index in [1.807, 2.05) is 32.0 Å². The predicted octanol–water partition coefficient (Wildman–Crippen LogP) is 2.96. The zero-order valence-electron chi connectivity index (χ0n) is 15.4. The van der Waals surface area contributed by atoms with Crippen molar-refractivity contribution in [1.82, 2.24) is 5.32 Å². The SMILES string of the molecule is Cc1ccc(NC(=O)NC(=O)COC(=O)[C@H](C)Oc2ccccc2)c(C)c1. The molecule has 0 bridgehead atoms. The molecule has 0 saturated carbocycles. The van der Waals surface area contributed by atoms with E-state index in [0.717, 1.165) is 11.1 Å². The first-order valence-electron chi connectivity index (χ1n) is 8.41. The summed E-state index contributed by atoms with van der Waals surface area (Å²) in [6, 6.07) is 13.6. The van der Waals surface area contributed by atoms with Crippen molar-refractivity contribution in [2.24, 2.45) is 0 Å². The third-order valence-corrected chi connectivity index (χ3v) is 3.62. The van der Waals surface area contributed by atoms with Crippen molar-refractivity contribution in [3.63, 3.8) is 0 Å². The van der Waals surface area contributed by atoms with Gasteiger partial charge in [0.25, 0.3) is 5.91 Å². The molecule has 0 radical (unpaired) electrons. The molecule has 0 aliphatic rings. The summed E-state index contributed by atoms with van der Waals surface area (Å²) in [6.45, 7) is 4.72. The molecule has 27 heavy (non-hydrogen) atoms. The molecule has 2 N–H and O–H groups in total. The van der Waals surface area contributed by atoms with Crippen molar-refractivity contribution < 1.29 is 23.9 Å². The molecule has 2 rings (SSSR count). The predicted molar refractivity (Wildman–Crippen MR) is 101 cm³/mol. The van der Waals surface area contributed by atoms with Gasteiger partial charge in [-0.1, -0.05) is 35.9 Å². The van der Waals surface area contributed by atoms with Gasteiger partial charge < -0.3 is 14.8 Å². The van der Waals surface area contributed by atoms with E-state index in [4.69, 9.17) is 9.47 Å². The highest BCUT2D eigenvalue weighted by Gasteiger charge is 2.18. The number of carbonyl (C=O) groups is 3. The van der Waals surface area contributed by atoms with E-state index in [-0.39, 0.29) is 0 Å². The van der Waals surface area contributed by atoms with E-state index in [0.29, 0.717) is 11.4 Å². The molecule has 0 saturated heterocycles. The summed E-state index contributed by atoms with van der Waals surface area (Å²) >= 11 is 0. The fraction of sp³-hybridized carbons (Fsp3) is 0.250. The maximum atomic E-state index is 11.9. The molecular weight excluding hydrogens is 348 g/mol. The minimum atomic E-state index is -0.885. The molecular formula is C20H22N2O5. The van der Waals surface area contributed by atoms with Crippen molar-refractivity contribution in [1.29, 1.82) is 0 Å². The Bertz CT molecular complexity index is 820. The molecule has 142 valence electrons. The zero-order valence-corrected chi connectivity index (χ0v) is 15.4. The molecule has 1 atom stereocenters. The molecule has 0 aliphatic heterocycles. The molecule has 0 spiro atoms. The number of amides is 3. The Balaban J connectivity index is 1.76. The van der Waals surface area contributed by atoms with Gasteiger partial charge in [0, 0.05) is 5.69 Å². The number of urea groups is 1. The Labute approximate surface area is 157 Å². The molecule has 7 heteroatoms. The summed E-state index contributed by atoms with van der Waals surface area (Å²) in [5.74, 6) is -0.930. The second kappa shape index (κ2) is 9.38. The number of aryl methyl sites for hydroxylation is 2. The summed E-state index contributed by atoms with van der Waals surface area (Å²) < 4.78 is 10.3. The fourth-order valence-electron chi connectivity index (χ4n) is 2.28. The highest BCUT2D eigenvalue weighted by Crippen LogP contribution is 2.15. The van der Waals surface area contributed by atoms with Gasteiger partial charge in [-0.25, -0.2) is 9.59 Å². The minimum Gasteiger partial charge on any atom is -0.479 e. The van der Waals surface area contributed by atoms with Crippen LogP contribution in [0.4, 0.5) is 10.5 Å². The van der Waals surface area contributed by atoms with Gasteiger partial charge in [0.2, 0.25) is 0 Å². The van der Waals surface area contributed by atoms with Crippen LogP contribution in [-0.2, 0) is 14.3 Å². The first-order valence-corrected chi connectivity index (χ1v) is 8.41. The van der Waals surface area contributed by atoms with Crippen LogP contribution in [0, 0.1) is 13.8 Å². The quantitative estimate of drug-likeness (QED) is 0.763. The first kappa shape index (κ1) is 20.0. The van der Waals surface area contributed by atoms with Crippen LogP contribution in [0.1, 0.15) is 18.1 Å². The van der Waals surface area contributed by atoms with Crippen LogP contribution in [0.2, 0.25) is 0 Å². The van der Waals surface area contributed by atoms with E-state index < -0.39 is 30.6 Å². The van der Waals surface area contributed by atoms with E-state index in [2.05, 4.69) is 10.6 Å². The highest BCUT2D eigenvalue weighted by molar-refractivity contribution is 6.02. The monoisotopic (exact) mass is 370 g/mol. The van der Waals surface area contributed by atoms with E-state index in [1.54, 1.807) is 30.3 Å². The van der Waals surface area contributed by atoms with E-state index in [1.165, 1.54) is 6.92 Å². The van der Waals surface area contributed by atoms with Gasteiger partial charge in [-0.15, -0.1) is 0 Å². The Morgan fingerprint density at radius 2 is 1.74 bits per heavy atom. The lowest BCUT2D eigenvalue weighted by molar-refractivity contribution is -0.154. The molecule has 3 amide bonds. The van der Waals surface area contributed by atoms with Crippen LogP contribution < -0.4 is 15.4 Å². The van der Waals surface area contributed by atoms with Crippen LogP contribution in [0.15, 0.2) is 48.5 Å². The second-order valence-corrected chi connectivity index (χ2v) is 6.00. The van der Waals surface area contributed by atoms with Crippen LogP contribution in [0.25, 0.3) is 0 Å². The molecule has 0 aromatic heterocycles. The van der Waals surface area contributed by atoms with Crippen LogP contribution in [0.5, 0.6) is 5.75 Å². The van der Waals surface area contributed by atoms with Crippen molar-refractivity contribution in [3.05, 3.63) is 59.7 Å². The lowest BCUT2D eigenvalue weighted by atomic mass is 10.1. The molecule has 0 aliphatic carbocycles. The number of hydrogen-bond acceptors (Lipinski definition) is 5. The second-order valence-electron chi connectivity index (χ2n) is 6.00. The smallest absolute Gasteiger partial charge is 0.347 e. The lowest BCUT2D eigenvalue weighted by Crippen LogP contribution is -2.38.